The van der Waals surface area contributed by atoms with Gasteiger partial charge in [-0.3, -0.25) is 0 Å². The molecule has 0 bridgehead atoms. The predicted molar refractivity (Wildman–Crippen MR) is 116 cm³/mol. The molecule has 0 unspecified atom stereocenters. The third-order valence-corrected chi connectivity index (χ3v) is 5.41. The number of rotatable bonds is 7. The van der Waals surface area contributed by atoms with E-state index < -0.39 is 12.2 Å². The van der Waals surface area contributed by atoms with Crippen molar-refractivity contribution < 1.29 is 14.6 Å². The van der Waals surface area contributed by atoms with Gasteiger partial charge in [0.15, 0.2) is 0 Å². The SMILES string of the molecule is CC[C@H](O)C[C@H](O)/C=C/c1c(C(C)C)nc2c(c1-c1ccc(F)cc1)CCCN2. The van der Waals surface area contributed by atoms with Crippen LogP contribution in [0.1, 0.15) is 62.8 Å². The molecule has 1 aliphatic rings. The van der Waals surface area contributed by atoms with E-state index in [0.717, 1.165) is 53.2 Å². The Bertz CT molecular complexity index is 862. The molecule has 1 aromatic carbocycles. The van der Waals surface area contributed by atoms with Crippen molar-refractivity contribution in [3.8, 4) is 11.1 Å². The van der Waals surface area contributed by atoms with E-state index in [1.54, 1.807) is 18.2 Å². The molecule has 3 rings (SSSR count). The van der Waals surface area contributed by atoms with Crippen molar-refractivity contribution in [2.45, 2.75) is 64.6 Å². The highest BCUT2D eigenvalue weighted by Crippen LogP contribution is 2.39. The van der Waals surface area contributed by atoms with E-state index in [4.69, 9.17) is 4.98 Å². The molecular formula is C24H31FN2O2. The van der Waals surface area contributed by atoms with Crippen LogP contribution >= 0.6 is 0 Å². The van der Waals surface area contributed by atoms with Crippen LogP contribution in [-0.4, -0.2) is 33.9 Å². The molecule has 0 saturated carbocycles. The topological polar surface area (TPSA) is 65.4 Å². The fraction of sp³-hybridized carbons (Fsp3) is 0.458. The molecule has 3 N–H and O–H groups in total. The first-order chi connectivity index (χ1) is 13.9. The maximum atomic E-state index is 13.6. The summed E-state index contributed by atoms with van der Waals surface area (Å²) in [6.45, 7) is 6.98. The number of hydrogen-bond acceptors (Lipinski definition) is 4. The van der Waals surface area contributed by atoms with Crippen LogP contribution in [0.5, 0.6) is 0 Å². The smallest absolute Gasteiger partial charge is 0.130 e. The molecule has 2 heterocycles. The van der Waals surface area contributed by atoms with Gasteiger partial charge in [0.25, 0.3) is 0 Å². The molecule has 0 radical (unpaired) electrons. The highest BCUT2D eigenvalue weighted by molar-refractivity contribution is 5.83. The molecule has 5 heteroatoms. The Hall–Kier alpha value is -2.24. The van der Waals surface area contributed by atoms with Crippen molar-refractivity contribution >= 4 is 11.9 Å². The second kappa shape index (κ2) is 9.51. The van der Waals surface area contributed by atoms with Crippen LogP contribution in [0.2, 0.25) is 0 Å². The quantitative estimate of drug-likeness (QED) is 0.620. The molecule has 29 heavy (non-hydrogen) atoms. The van der Waals surface area contributed by atoms with Gasteiger partial charge >= 0.3 is 0 Å². The van der Waals surface area contributed by atoms with Crippen molar-refractivity contribution in [1.29, 1.82) is 0 Å². The van der Waals surface area contributed by atoms with Crippen molar-refractivity contribution in [3.05, 3.63) is 53.0 Å². The maximum Gasteiger partial charge on any atom is 0.130 e. The molecule has 0 saturated heterocycles. The molecule has 4 nitrogen and oxygen atoms in total. The molecule has 1 aromatic heterocycles. The van der Waals surface area contributed by atoms with Gasteiger partial charge in [-0.2, -0.15) is 0 Å². The number of halogens is 1. The van der Waals surface area contributed by atoms with E-state index in [-0.39, 0.29) is 11.7 Å². The standard InChI is InChI=1S/C24H31FN2O2/c1-4-18(28)14-19(29)11-12-20-22(16-7-9-17(25)10-8-16)21-6-5-13-26-24(21)27-23(20)15(2)3/h7-12,15,18-19,28-29H,4-6,13-14H2,1-3H3,(H,26,27)/b12-11+/t18-,19+/m0/s1. The lowest BCUT2D eigenvalue weighted by Gasteiger charge is -2.25. The molecule has 1 aliphatic heterocycles. The number of aliphatic hydroxyl groups is 2. The molecule has 0 amide bonds. The van der Waals surface area contributed by atoms with Crippen LogP contribution in [0.15, 0.2) is 30.3 Å². The number of pyridine rings is 1. The Morgan fingerprint density at radius 2 is 1.93 bits per heavy atom. The molecule has 0 fully saturated rings. The number of fused-ring (bicyclic) bond motifs is 1. The number of anilines is 1. The van der Waals surface area contributed by atoms with Gasteiger partial charge in [-0.1, -0.05) is 45.1 Å². The summed E-state index contributed by atoms with van der Waals surface area (Å²) in [7, 11) is 0. The normalized spacial score (nSPS) is 16.0. The minimum atomic E-state index is -0.736. The molecule has 2 atom stereocenters. The lowest BCUT2D eigenvalue weighted by atomic mass is 9.87. The van der Waals surface area contributed by atoms with Crippen LogP contribution < -0.4 is 5.32 Å². The van der Waals surface area contributed by atoms with Gasteiger partial charge in [-0.05, 0) is 48.4 Å². The first kappa shape index (κ1) is 21.5. The number of aliphatic hydroxyl groups excluding tert-OH is 2. The summed E-state index contributed by atoms with van der Waals surface area (Å²) < 4.78 is 13.6. The van der Waals surface area contributed by atoms with E-state index in [2.05, 4.69) is 19.2 Å². The van der Waals surface area contributed by atoms with Gasteiger partial charge < -0.3 is 15.5 Å². The predicted octanol–water partition coefficient (Wildman–Crippen LogP) is 4.90. The Morgan fingerprint density at radius 3 is 2.59 bits per heavy atom. The molecular weight excluding hydrogens is 367 g/mol. The summed E-state index contributed by atoms with van der Waals surface area (Å²) in [4.78, 5) is 4.90. The number of hydrogen-bond donors (Lipinski definition) is 3. The lowest BCUT2D eigenvalue weighted by molar-refractivity contribution is 0.102. The summed E-state index contributed by atoms with van der Waals surface area (Å²) in [5.41, 5.74) is 5.02. The first-order valence-corrected chi connectivity index (χ1v) is 10.5. The number of aromatic nitrogens is 1. The third kappa shape index (κ3) is 5.03. The van der Waals surface area contributed by atoms with Crippen LogP contribution in [-0.2, 0) is 6.42 Å². The van der Waals surface area contributed by atoms with Gasteiger partial charge in [0, 0.05) is 24.1 Å². The highest BCUT2D eigenvalue weighted by Gasteiger charge is 2.23. The van der Waals surface area contributed by atoms with Crippen LogP contribution in [0, 0.1) is 5.82 Å². The number of nitrogens with zero attached hydrogens (tertiary/aromatic N) is 1. The first-order valence-electron chi connectivity index (χ1n) is 10.5. The average molecular weight is 399 g/mol. The van der Waals surface area contributed by atoms with Gasteiger partial charge in [-0.15, -0.1) is 0 Å². The maximum absolute atomic E-state index is 13.6. The lowest BCUT2D eigenvalue weighted by Crippen LogP contribution is -2.17. The molecule has 2 aromatic rings. The zero-order valence-electron chi connectivity index (χ0n) is 17.5. The fourth-order valence-corrected chi connectivity index (χ4v) is 3.81. The van der Waals surface area contributed by atoms with E-state index in [1.807, 2.05) is 13.0 Å². The largest absolute Gasteiger partial charge is 0.393 e. The Labute approximate surface area is 172 Å². The Balaban J connectivity index is 2.14. The molecule has 0 aliphatic carbocycles. The monoisotopic (exact) mass is 398 g/mol. The summed E-state index contributed by atoms with van der Waals surface area (Å²) >= 11 is 0. The summed E-state index contributed by atoms with van der Waals surface area (Å²) in [6.07, 6.45) is 5.21. The summed E-state index contributed by atoms with van der Waals surface area (Å²) in [6, 6.07) is 6.57. The van der Waals surface area contributed by atoms with Crippen molar-refractivity contribution in [1.82, 2.24) is 4.98 Å². The van der Waals surface area contributed by atoms with E-state index in [1.165, 1.54) is 12.1 Å². The van der Waals surface area contributed by atoms with E-state index in [9.17, 15) is 14.6 Å². The zero-order chi connectivity index (χ0) is 21.0. The zero-order valence-corrected chi connectivity index (χ0v) is 17.5. The summed E-state index contributed by atoms with van der Waals surface area (Å²) in [5.74, 6) is 0.819. The second-order valence-corrected chi connectivity index (χ2v) is 8.03. The summed E-state index contributed by atoms with van der Waals surface area (Å²) in [5, 5.41) is 23.6. The van der Waals surface area contributed by atoms with Crippen LogP contribution in [0.4, 0.5) is 10.2 Å². The second-order valence-electron chi connectivity index (χ2n) is 8.03. The van der Waals surface area contributed by atoms with Crippen molar-refractivity contribution in [2.75, 3.05) is 11.9 Å². The van der Waals surface area contributed by atoms with Crippen LogP contribution in [0.25, 0.3) is 17.2 Å². The van der Waals surface area contributed by atoms with E-state index >= 15 is 0 Å². The molecule has 156 valence electrons. The van der Waals surface area contributed by atoms with Gasteiger partial charge in [0.2, 0.25) is 0 Å². The number of nitrogens with one attached hydrogen (secondary N) is 1. The van der Waals surface area contributed by atoms with Gasteiger partial charge in [0.1, 0.15) is 11.6 Å². The van der Waals surface area contributed by atoms with Gasteiger partial charge in [0.05, 0.1) is 17.9 Å². The van der Waals surface area contributed by atoms with Crippen molar-refractivity contribution in [2.24, 2.45) is 0 Å². The highest BCUT2D eigenvalue weighted by atomic mass is 19.1. The third-order valence-electron chi connectivity index (χ3n) is 5.41. The van der Waals surface area contributed by atoms with Gasteiger partial charge in [-0.25, -0.2) is 9.37 Å². The Kier molecular flexibility index (Phi) is 7.04. The molecule has 0 spiro atoms. The van der Waals surface area contributed by atoms with E-state index in [0.29, 0.717) is 12.8 Å². The fourth-order valence-electron chi connectivity index (χ4n) is 3.81. The van der Waals surface area contributed by atoms with Crippen LogP contribution in [0.3, 0.4) is 0 Å². The Morgan fingerprint density at radius 1 is 1.21 bits per heavy atom. The van der Waals surface area contributed by atoms with Crippen molar-refractivity contribution in [3.63, 3.8) is 0 Å². The number of benzene rings is 1. The minimum Gasteiger partial charge on any atom is -0.393 e. The average Bonchev–Trinajstić information content (AvgIpc) is 2.71. The minimum absolute atomic E-state index is 0.182.